The quantitative estimate of drug-likeness (QED) is 0.764. The van der Waals surface area contributed by atoms with E-state index in [4.69, 9.17) is 4.74 Å². The number of rotatable bonds is 5. The van der Waals surface area contributed by atoms with E-state index in [1.807, 2.05) is 57.8 Å². The fraction of sp³-hybridized carbons (Fsp3) is 0.562. The molecule has 1 rings (SSSR count). The Bertz CT molecular complexity index is 395. The third-order valence-electron chi connectivity index (χ3n) is 2.87. The van der Waals surface area contributed by atoms with Gasteiger partial charge in [-0.1, -0.05) is 37.3 Å². The zero-order chi connectivity index (χ0) is 14.5. The molecule has 0 aliphatic heterocycles. The Labute approximate surface area is 116 Å². The van der Waals surface area contributed by atoms with Crippen LogP contribution in [0.4, 0.5) is 0 Å². The van der Waals surface area contributed by atoms with Crippen LogP contribution in [0.15, 0.2) is 30.3 Å². The molecular weight excluding hydrogens is 238 g/mol. The van der Waals surface area contributed by atoms with Crippen molar-refractivity contribution in [2.24, 2.45) is 0 Å². The van der Waals surface area contributed by atoms with Crippen LogP contribution in [0.25, 0.3) is 0 Å². The number of carbonyl (C=O) groups is 1. The Balaban J connectivity index is 2.66. The summed E-state index contributed by atoms with van der Waals surface area (Å²) in [6, 6.07) is 9.96. The first kappa shape index (κ1) is 15.7. The van der Waals surface area contributed by atoms with Gasteiger partial charge in [-0.25, -0.2) is 0 Å². The van der Waals surface area contributed by atoms with E-state index < -0.39 is 5.60 Å². The first-order chi connectivity index (χ1) is 8.83. The summed E-state index contributed by atoms with van der Waals surface area (Å²) >= 11 is 0. The summed E-state index contributed by atoms with van der Waals surface area (Å²) in [5, 5.41) is 0. The maximum atomic E-state index is 12.2. The van der Waals surface area contributed by atoms with E-state index in [0.29, 0.717) is 0 Å². The molecule has 0 amide bonds. The lowest BCUT2D eigenvalue weighted by Gasteiger charge is -2.29. The molecular formula is C16H25NO2. The van der Waals surface area contributed by atoms with Gasteiger partial charge in [0, 0.05) is 6.54 Å². The van der Waals surface area contributed by atoms with Gasteiger partial charge in [0.25, 0.3) is 0 Å². The Morgan fingerprint density at radius 2 is 1.84 bits per heavy atom. The van der Waals surface area contributed by atoms with E-state index in [1.165, 1.54) is 5.56 Å². The summed E-state index contributed by atoms with van der Waals surface area (Å²) in [6.45, 7) is 8.45. The van der Waals surface area contributed by atoms with E-state index >= 15 is 0 Å². The third-order valence-corrected chi connectivity index (χ3v) is 2.87. The number of nitrogens with zero attached hydrogens (tertiary/aromatic N) is 1. The summed E-state index contributed by atoms with van der Waals surface area (Å²) < 4.78 is 5.47. The number of ether oxygens (including phenoxy) is 1. The molecule has 1 atom stereocenters. The van der Waals surface area contributed by atoms with Gasteiger partial charge < -0.3 is 4.74 Å². The number of hydrogen-bond donors (Lipinski definition) is 0. The summed E-state index contributed by atoms with van der Waals surface area (Å²) in [5.74, 6) is -0.145. The molecule has 0 saturated carbocycles. The van der Waals surface area contributed by atoms with E-state index in [0.717, 1.165) is 13.0 Å². The lowest BCUT2D eigenvalue weighted by Crippen LogP contribution is -2.41. The maximum absolute atomic E-state index is 12.2. The standard InChI is InChI=1S/C16H25NO2/c1-6-14(15(18)19-16(2,3)4)17(5)12-13-10-8-7-9-11-13/h7-11,14H,6,12H2,1-5H3/t14-/m0/s1. The predicted molar refractivity (Wildman–Crippen MR) is 77.8 cm³/mol. The number of esters is 1. The first-order valence-electron chi connectivity index (χ1n) is 6.80. The van der Waals surface area contributed by atoms with Crippen molar-refractivity contribution in [1.29, 1.82) is 0 Å². The summed E-state index contributed by atoms with van der Waals surface area (Å²) in [5.41, 5.74) is 0.768. The fourth-order valence-corrected chi connectivity index (χ4v) is 2.01. The second-order valence-corrected chi connectivity index (χ2v) is 5.86. The molecule has 0 aromatic heterocycles. The van der Waals surface area contributed by atoms with Gasteiger partial charge >= 0.3 is 5.97 Å². The molecule has 0 spiro atoms. The average molecular weight is 263 g/mol. The number of hydrogen-bond acceptors (Lipinski definition) is 3. The van der Waals surface area contributed by atoms with Crippen molar-refractivity contribution >= 4 is 5.97 Å². The maximum Gasteiger partial charge on any atom is 0.323 e. The zero-order valence-corrected chi connectivity index (χ0v) is 12.6. The highest BCUT2D eigenvalue weighted by atomic mass is 16.6. The van der Waals surface area contributed by atoms with Crippen molar-refractivity contribution < 1.29 is 9.53 Å². The van der Waals surface area contributed by atoms with Crippen LogP contribution >= 0.6 is 0 Å². The van der Waals surface area contributed by atoms with Crippen molar-refractivity contribution in [2.75, 3.05) is 7.05 Å². The van der Waals surface area contributed by atoms with Crippen molar-refractivity contribution in [3.63, 3.8) is 0 Å². The third kappa shape index (κ3) is 5.43. The Morgan fingerprint density at radius 1 is 1.26 bits per heavy atom. The van der Waals surface area contributed by atoms with Gasteiger partial charge in [-0.15, -0.1) is 0 Å². The second-order valence-electron chi connectivity index (χ2n) is 5.86. The van der Waals surface area contributed by atoms with Crippen LogP contribution in [-0.4, -0.2) is 29.6 Å². The summed E-state index contributed by atoms with van der Waals surface area (Å²) in [7, 11) is 1.96. The lowest BCUT2D eigenvalue weighted by molar-refractivity contribution is -0.161. The summed E-state index contributed by atoms with van der Waals surface area (Å²) in [6.07, 6.45) is 0.748. The van der Waals surface area contributed by atoms with Crippen molar-refractivity contribution in [1.82, 2.24) is 4.90 Å². The van der Waals surface area contributed by atoms with Crippen LogP contribution < -0.4 is 0 Å². The molecule has 0 saturated heterocycles. The van der Waals surface area contributed by atoms with E-state index in [2.05, 4.69) is 12.1 Å². The van der Waals surface area contributed by atoms with Crippen LogP contribution in [-0.2, 0) is 16.1 Å². The molecule has 106 valence electrons. The molecule has 0 N–H and O–H groups in total. The molecule has 0 aliphatic carbocycles. The van der Waals surface area contributed by atoms with E-state index in [1.54, 1.807) is 0 Å². The number of likely N-dealkylation sites (N-methyl/N-ethyl adjacent to an activating group) is 1. The second kappa shape index (κ2) is 6.71. The monoisotopic (exact) mass is 263 g/mol. The molecule has 0 aliphatic rings. The molecule has 0 bridgehead atoms. The van der Waals surface area contributed by atoms with Crippen molar-refractivity contribution in [3.8, 4) is 0 Å². The fourth-order valence-electron chi connectivity index (χ4n) is 2.01. The Kier molecular flexibility index (Phi) is 5.55. The molecule has 3 heteroatoms. The van der Waals surface area contributed by atoms with Gasteiger partial charge in [0.05, 0.1) is 0 Å². The Morgan fingerprint density at radius 3 is 2.32 bits per heavy atom. The van der Waals surface area contributed by atoms with Gasteiger partial charge in [-0.3, -0.25) is 9.69 Å². The zero-order valence-electron chi connectivity index (χ0n) is 12.6. The average Bonchev–Trinajstić information content (AvgIpc) is 2.28. The molecule has 1 aromatic rings. The lowest BCUT2D eigenvalue weighted by atomic mass is 10.1. The normalized spacial score (nSPS) is 13.4. The van der Waals surface area contributed by atoms with Crippen molar-refractivity contribution in [2.45, 2.75) is 52.3 Å². The minimum atomic E-state index is -0.432. The van der Waals surface area contributed by atoms with Crippen LogP contribution in [0.3, 0.4) is 0 Å². The minimum absolute atomic E-state index is 0.145. The SMILES string of the molecule is CC[C@@H](C(=O)OC(C)(C)C)N(C)Cc1ccccc1. The highest BCUT2D eigenvalue weighted by Crippen LogP contribution is 2.14. The predicted octanol–water partition coefficient (Wildman–Crippen LogP) is 3.24. The number of benzene rings is 1. The first-order valence-corrected chi connectivity index (χ1v) is 6.80. The van der Waals surface area contributed by atoms with Gasteiger partial charge in [0.1, 0.15) is 11.6 Å². The van der Waals surface area contributed by atoms with Crippen LogP contribution in [0.5, 0.6) is 0 Å². The van der Waals surface area contributed by atoms with E-state index in [-0.39, 0.29) is 12.0 Å². The molecule has 0 heterocycles. The van der Waals surface area contributed by atoms with Crippen LogP contribution in [0.2, 0.25) is 0 Å². The molecule has 0 fully saturated rings. The minimum Gasteiger partial charge on any atom is -0.459 e. The molecule has 19 heavy (non-hydrogen) atoms. The molecule has 0 radical (unpaired) electrons. The number of carbonyl (C=O) groups excluding carboxylic acids is 1. The van der Waals surface area contributed by atoms with Crippen LogP contribution in [0, 0.1) is 0 Å². The molecule has 1 aromatic carbocycles. The van der Waals surface area contributed by atoms with Gasteiger partial charge in [-0.2, -0.15) is 0 Å². The highest BCUT2D eigenvalue weighted by Gasteiger charge is 2.26. The molecule has 0 unspecified atom stereocenters. The molecule has 3 nitrogen and oxygen atoms in total. The van der Waals surface area contributed by atoms with E-state index in [9.17, 15) is 4.79 Å². The summed E-state index contributed by atoms with van der Waals surface area (Å²) in [4.78, 5) is 14.2. The largest absolute Gasteiger partial charge is 0.459 e. The topological polar surface area (TPSA) is 29.5 Å². The van der Waals surface area contributed by atoms with Gasteiger partial charge in [-0.05, 0) is 39.8 Å². The van der Waals surface area contributed by atoms with Crippen molar-refractivity contribution in [3.05, 3.63) is 35.9 Å². The van der Waals surface area contributed by atoms with Crippen LogP contribution in [0.1, 0.15) is 39.7 Å². The van der Waals surface area contributed by atoms with Gasteiger partial charge in [0.15, 0.2) is 0 Å². The Hall–Kier alpha value is -1.35. The highest BCUT2D eigenvalue weighted by molar-refractivity contribution is 5.76. The smallest absolute Gasteiger partial charge is 0.323 e. The van der Waals surface area contributed by atoms with Gasteiger partial charge in [0.2, 0.25) is 0 Å².